The zero-order valence-electron chi connectivity index (χ0n) is 16.7. The SMILES string of the molecule is COCCN(C(=O)CC1C(=O)NCCN1Cc1ccccc1OC)C(C)C. The van der Waals surface area contributed by atoms with E-state index in [1.54, 1.807) is 19.1 Å². The molecule has 27 heavy (non-hydrogen) atoms. The minimum Gasteiger partial charge on any atom is -0.496 e. The van der Waals surface area contributed by atoms with Gasteiger partial charge in [-0.1, -0.05) is 18.2 Å². The Morgan fingerprint density at radius 3 is 2.74 bits per heavy atom. The summed E-state index contributed by atoms with van der Waals surface area (Å²) in [6, 6.07) is 7.34. The Kier molecular flexibility index (Phi) is 8.06. The van der Waals surface area contributed by atoms with Crippen LogP contribution in [0.4, 0.5) is 0 Å². The fourth-order valence-corrected chi connectivity index (χ4v) is 3.37. The number of piperazine rings is 1. The number of benzene rings is 1. The van der Waals surface area contributed by atoms with Crippen molar-refractivity contribution >= 4 is 11.8 Å². The maximum absolute atomic E-state index is 12.9. The first-order valence-corrected chi connectivity index (χ1v) is 9.40. The van der Waals surface area contributed by atoms with Gasteiger partial charge in [0.25, 0.3) is 0 Å². The van der Waals surface area contributed by atoms with E-state index in [-0.39, 0.29) is 24.3 Å². The number of amides is 2. The highest BCUT2D eigenvalue weighted by Crippen LogP contribution is 2.22. The lowest BCUT2D eigenvalue weighted by atomic mass is 10.1. The van der Waals surface area contributed by atoms with Gasteiger partial charge in [0.2, 0.25) is 11.8 Å². The maximum atomic E-state index is 12.9. The zero-order chi connectivity index (χ0) is 19.8. The standard InChI is InChI=1S/C20H31N3O4/c1-15(2)23(11-12-26-3)19(24)13-17-20(25)21-9-10-22(17)14-16-7-5-6-8-18(16)27-4/h5-8,15,17H,9-14H2,1-4H3,(H,21,25). The number of nitrogens with one attached hydrogen (secondary N) is 1. The number of hydrogen-bond acceptors (Lipinski definition) is 5. The van der Waals surface area contributed by atoms with Crippen LogP contribution in [0.15, 0.2) is 24.3 Å². The van der Waals surface area contributed by atoms with Crippen LogP contribution in [0.25, 0.3) is 0 Å². The van der Waals surface area contributed by atoms with Crippen LogP contribution in [-0.2, 0) is 20.9 Å². The third-order valence-electron chi connectivity index (χ3n) is 4.86. The summed E-state index contributed by atoms with van der Waals surface area (Å²) < 4.78 is 10.5. The molecule has 0 spiro atoms. The number of ether oxygens (including phenoxy) is 2. The number of nitrogens with zero attached hydrogens (tertiary/aromatic N) is 2. The molecule has 1 aromatic carbocycles. The van der Waals surface area contributed by atoms with Gasteiger partial charge in [0, 0.05) is 44.9 Å². The van der Waals surface area contributed by atoms with Crippen molar-refractivity contribution < 1.29 is 19.1 Å². The number of carbonyl (C=O) groups excluding carboxylic acids is 2. The summed E-state index contributed by atoms with van der Waals surface area (Å²) in [6.07, 6.45) is 0.156. The molecule has 1 aliphatic rings. The molecule has 1 atom stereocenters. The van der Waals surface area contributed by atoms with Crippen LogP contribution < -0.4 is 10.1 Å². The number of methoxy groups -OCH3 is 2. The predicted octanol–water partition coefficient (Wildman–Crippen LogP) is 1.27. The summed E-state index contributed by atoms with van der Waals surface area (Å²) in [7, 11) is 3.26. The summed E-state index contributed by atoms with van der Waals surface area (Å²) in [5, 5.41) is 2.89. The number of carbonyl (C=O) groups is 2. The van der Waals surface area contributed by atoms with Crippen LogP contribution in [-0.4, -0.2) is 74.2 Å². The maximum Gasteiger partial charge on any atom is 0.237 e. The fourth-order valence-electron chi connectivity index (χ4n) is 3.37. The summed E-state index contributed by atoms with van der Waals surface area (Å²) in [6.45, 7) is 6.79. The van der Waals surface area contributed by atoms with E-state index >= 15 is 0 Å². The van der Waals surface area contributed by atoms with E-state index in [1.165, 1.54) is 0 Å². The first-order valence-electron chi connectivity index (χ1n) is 9.40. The zero-order valence-corrected chi connectivity index (χ0v) is 16.7. The fraction of sp³-hybridized carbons (Fsp3) is 0.600. The molecule has 1 unspecified atom stereocenters. The highest BCUT2D eigenvalue weighted by Gasteiger charge is 2.33. The molecule has 0 saturated carbocycles. The first-order chi connectivity index (χ1) is 13.0. The lowest BCUT2D eigenvalue weighted by Crippen LogP contribution is -2.56. The van der Waals surface area contributed by atoms with E-state index in [2.05, 4.69) is 10.2 Å². The van der Waals surface area contributed by atoms with E-state index < -0.39 is 6.04 Å². The van der Waals surface area contributed by atoms with Gasteiger partial charge in [-0.3, -0.25) is 14.5 Å². The van der Waals surface area contributed by atoms with Gasteiger partial charge in [-0.25, -0.2) is 0 Å². The monoisotopic (exact) mass is 377 g/mol. The Bertz CT molecular complexity index is 635. The molecule has 150 valence electrons. The van der Waals surface area contributed by atoms with E-state index in [4.69, 9.17) is 9.47 Å². The third-order valence-corrected chi connectivity index (χ3v) is 4.86. The minimum atomic E-state index is -0.486. The Morgan fingerprint density at radius 1 is 1.33 bits per heavy atom. The second kappa shape index (κ2) is 10.3. The topological polar surface area (TPSA) is 71.1 Å². The lowest BCUT2D eigenvalue weighted by molar-refractivity contribution is -0.140. The summed E-state index contributed by atoms with van der Waals surface area (Å²) in [4.78, 5) is 29.2. The van der Waals surface area contributed by atoms with Crippen molar-refractivity contribution in [2.75, 3.05) is 40.5 Å². The van der Waals surface area contributed by atoms with Gasteiger partial charge < -0.3 is 19.7 Å². The highest BCUT2D eigenvalue weighted by atomic mass is 16.5. The van der Waals surface area contributed by atoms with Crippen molar-refractivity contribution in [1.82, 2.24) is 15.1 Å². The van der Waals surface area contributed by atoms with Crippen molar-refractivity contribution in [3.63, 3.8) is 0 Å². The second-order valence-corrected chi connectivity index (χ2v) is 6.97. The molecule has 1 heterocycles. The van der Waals surface area contributed by atoms with E-state index in [9.17, 15) is 9.59 Å². The van der Waals surface area contributed by atoms with Gasteiger partial charge >= 0.3 is 0 Å². The molecule has 7 nitrogen and oxygen atoms in total. The largest absolute Gasteiger partial charge is 0.496 e. The first kappa shape index (κ1) is 21.2. The van der Waals surface area contributed by atoms with Crippen LogP contribution in [0, 0.1) is 0 Å². The molecule has 7 heteroatoms. The van der Waals surface area contributed by atoms with Gasteiger partial charge in [0.1, 0.15) is 5.75 Å². The molecule has 1 aliphatic heterocycles. The third kappa shape index (κ3) is 5.68. The van der Waals surface area contributed by atoms with Crippen molar-refractivity contribution in [2.45, 2.75) is 38.9 Å². The molecule has 0 radical (unpaired) electrons. The Labute approximate surface area is 161 Å². The normalized spacial score (nSPS) is 17.7. The van der Waals surface area contributed by atoms with Crippen LogP contribution in [0.2, 0.25) is 0 Å². The van der Waals surface area contributed by atoms with Gasteiger partial charge in [0.05, 0.1) is 26.2 Å². The average Bonchev–Trinajstić information content (AvgIpc) is 2.65. The Morgan fingerprint density at radius 2 is 2.07 bits per heavy atom. The van der Waals surface area contributed by atoms with Crippen molar-refractivity contribution in [2.24, 2.45) is 0 Å². The summed E-state index contributed by atoms with van der Waals surface area (Å²) in [5.41, 5.74) is 1.01. The Hall–Kier alpha value is -2.12. The smallest absolute Gasteiger partial charge is 0.237 e. The predicted molar refractivity (Wildman–Crippen MR) is 104 cm³/mol. The summed E-state index contributed by atoms with van der Waals surface area (Å²) >= 11 is 0. The van der Waals surface area contributed by atoms with Crippen LogP contribution >= 0.6 is 0 Å². The minimum absolute atomic E-state index is 0.0332. The van der Waals surface area contributed by atoms with Gasteiger partial charge in [-0.2, -0.15) is 0 Å². The molecule has 1 aromatic rings. The van der Waals surface area contributed by atoms with Crippen LogP contribution in [0.1, 0.15) is 25.8 Å². The van der Waals surface area contributed by atoms with Crippen molar-refractivity contribution in [3.8, 4) is 5.75 Å². The van der Waals surface area contributed by atoms with Crippen molar-refractivity contribution in [3.05, 3.63) is 29.8 Å². The quantitative estimate of drug-likeness (QED) is 0.702. The molecule has 1 N–H and O–H groups in total. The van der Waals surface area contributed by atoms with Crippen LogP contribution in [0.5, 0.6) is 5.75 Å². The highest BCUT2D eigenvalue weighted by molar-refractivity contribution is 5.89. The molecule has 2 amide bonds. The molecule has 0 aliphatic carbocycles. The van der Waals surface area contributed by atoms with Crippen molar-refractivity contribution in [1.29, 1.82) is 0 Å². The molecular weight excluding hydrogens is 346 g/mol. The molecule has 0 aromatic heterocycles. The second-order valence-electron chi connectivity index (χ2n) is 6.97. The average molecular weight is 377 g/mol. The number of rotatable bonds is 9. The molecule has 1 saturated heterocycles. The van der Waals surface area contributed by atoms with E-state index in [0.29, 0.717) is 32.8 Å². The number of hydrogen-bond donors (Lipinski definition) is 1. The van der Waals surface area contributed by atoms with Crippen LogP contribution in [0.3, 0.4) is 0 Å². The molecule has 0 bridgehead atoms. The van der Waals surface area contributed by atoms with Gasteiger partial charge in [-0.05, 0) is 19.9 Å². The van der Waals surface area contributed by atoms with Gasteiger partial charge in [0.15, 0.2) is 0 Å². The van der Waals surface area contributed by atoms with Gasteiger partial charge in [-0.15, -0.1) is 0 Å². The Balaban J connectivity index is 2.13. The lowest BCUT2D eigenvalue weighted by Gasteiger charge is -2.36. The molecule has 2 rings (SSSR count). The molecular formula is C20H31N3O4. The van der Waals surface area contributed by atoms with E-state index in [1.807, 2.05) is 38.1 Å². The summed E-state index contributed by atoms with van der Waals surface area (Å²) in [5.74, 6) is 0.659. The van der Waals surface area contributed by atoms with E-state index in [0.717, 1.165) is 11.3 Å². The number of para-hydroxylation sites is 1. The molecule has 1 fully saturated rings.